The van der Waals surface area contributed by atoms with E-state index in [9.17, 15) is 13.6 Å². The number of halogens is 2. The van der Waals surface area contributed by atoms with E-state index in [-0.39, 0.29) is 18.1 Å². The molecule has 0 atom stereocenters. The van der Waals surface area contributed by atoms with Gasteiger partial charge < -0.3 is 10.1 Å². The lowest BCUT2D eigenvalue weighted by atomic mass is 10.3. The fourth-order valence-corrected chi connectivity index (χ4v) is 2.59. The molecule has 0 fully saturated rings. The normalized spacial score (nSPS) is 10.3. The van der Waals surface area contributed by atoms with Crippen molar-refractivity contribution in [2.24, 2.45) is 0 Å². The minimum Gasteiger partial charge on any atom is -0.469 e. The second-order valence-corrected chi connectivity index (χ2v) is 5.35. The van der Waals surface area contributed by atoms with Crippen LogP contribution in [0.5, 0.6) is 0 Å². The van der Waals surface area contributed by atoms with Gasteiger partial charge in [-0.25, -0.2) is 8.78 Å². The van der Waals surface area contributed by atoms with E-state index in [2.05, 4.69) is 10.1 Å². The number of rotatable bonds is 5. The highest BCUT2D eigenvalue weighted by Crippen LogP contribution is 2.20. The molecule has 2 aromatic rings. The first kappa shape index (κ1) is 14.5. The van der Waals surface area contributed by atoms with Crippen molar-refractivity contribution in [1.29, 1.82) is 0 Å². The lowest BCUT2D eigenvalue weighted by Gasteiger charge is -2.05. The van der Waals surface area contributed by atoms with Gasteiger partial charge in [0.05, 0.1) is 19.2 Å². The van der Waals surface area contributed by atoms with Gasteiger partial charge in [-0.15, -0.1) is 11.3 Å². The first-order valence-corrected chi connectivity index (χ1v) is 6.73. The van der Waals surface area contributed by atoms with Gasteiger partial charge in [-0.05, 0) is 24.3 Å². The number of ether oxygens (including phenoxy) is 1. The van der Waals surface area contributed by atoms with Crippen molar-refractivity contribution in [3.63, 3.8) is 0 Å². The molecule has 1 N–H and O–H groups in total. The molecule has 6 heteroatoms. The van der Waals surface area contributed by atoms with E-state index >= 15 is 0 Å². The molecule has 3 nitrogen and oxygen atoms in total. The first-order valence-electron chi connectivity index (χ1n) is 5.92. The quantitative estimate of drug-likeness (QED) is 0.860. The van der Waals surface area contributed by atoms with Crippen LogP contribution < -0.4 is 5.32 Å². The highest BCUT2D eigenvalue weighted by atomic mass is 32.1. The molecular formula is C14H13F2NO2S. The molecule has 0 aliphatic heterocycles. The van der Waals surface area contributed by atoms with Crippen molar-refractivity contribution < 1.29 is 18.3 Å². The summed E-state index contributed by atoms with van der Waals surface area (Å²) in [6.45, 7) is 0.411. The minimum atomic E-state index is -0.628. The molecule has 0 amide bonds. The number of nitrogens with one attached hydrogen (secondary N) is 1. The molecule has 20 heavy (non-hydrogen) atoms. The fraction of sp³-hybridized carbons (Fsp3) is 0.214. The zero-order valence-corrected chi connectivity index (χ0v) is 11.6. The molecule has 0 bridgehead atoms. The molecule has 1 aromatic heterocycles. The monoisotopic (exact) mass is 297 g/mol. The summed E-state index contributed by atoms with van der Waals surface area (Å²) in [6, 6.07) is 7.08. The molecule has 0 aliphatic carbocycles. The Labute approximate surface area is 119 Å². The van der Waals surface area contributed by atoms with E-state index in [1.54, 1.807) is 0 Å². The lowest BCUT2D eigenvalue weighted by molar-refractivity contribution is -0.139. The van der Waals surface area contributed by atoms with Crippen LogP contribution in [0.25, 0.3) is 0 Å². The molecule has 0 unspecified atom stereocenters. The smallest absolute Gasteiger partial charge is 0.310 e. The van der Waals surface area contributed by atoms with Crippen LogP contribution in [0.4, 0.5) is 14.5 Å². The maximum atomic E-state index is 13.4. The highest BCUT2D eigenvalue weighted by Gasteiger charge is 2.07. The van der Waals surface area contributed by atoms with Crippen molar-refractivity contribution in [3.8, 4) is 0 Å². The lowest BCUT2D eigenvalue weighted by Crippen LogP contribution is -2.02. The third kappa shape index (κ3) is 3.77. The number of hydrogen-bond acceptors (Lipinski definition) is 4. The average Bonchev–Trinajstić information content (AvgIpc) is 2.85. The Morgan fingerprint density at radius 3 is 2.70 bits per heavy atom. The van der Waals surface area contributed by atoms with Gasteiger partial charge >= 0.3 is 5.97 Å². The zero-order valence-electron chi connectivity index (χ0n) is 10.8. The largest absolute Gasteiger partial charge is 0.469 e. The topological polar surface area (TPSA) is 38.3 Å². The van der Waals surface area contributed by atoms with Crippen LogP contribution in [-0.4, -0.2) is 13.1 Å². The van der Waals surface area contributed by atoms with Crippen molar-refractivity contribution in [2.45, 2.75) is 13.0 Å². The Kier molecular flexibility index (Phi) is 4.68. The van der Waals surface area contributed by atoms with Crippen molar-refractivity contribution >= 4 is 23.0 Å². The number of hydrogen-bond donors (Lipinski definition) is 1. The molecular weight excluding hydrogens is 284 g/mol. The number of carbonyl (C=O) groups excluding carboxylic acids is 1. The van der Waals surface area contributed by atoms with Crippen molar-refractivity contribution in [2.75, 3.05) is 12.4 Å². The van der Waals surface area contributed by atoms with Gasteiger partial charge in [0.2, 0.25) is 0 Å². The van der Waals surface area contributed by atoms with Crippen LogP contribution >= 0.6 is 11.3 Å². The molecule has 106 valence electrons. The second kappa shape index (κ2) is 6.47. The summed E-state index contributed by atoms with van der Waals surface area (Å²) in [5.41, 5.74) is 0.245. The first-order chi connectivity index (χ1) is 9.58. The van der Waals surface area contributed by atoms with E-state index < -0.39 is 11.6 Å². The summed E-state index contributed by atoms with van der Waals surface area (Å²) in [4.78, 5) is 13.0. The van der Waals surface area contributed by atoms with Crippen LogP contribution in [0.15, 0.2) is 30.3 Å². The second-order valence-electron chi connectivity index (χ2n) is 4.10. The fourth-order valence-electron chi connectivity index (χ4n) is 1.64. The molecule has 2 rings (SSSR count). The van der Waals surface area contributed by atoms with E-state index in [0.29, 0.717) is 6.54 Å². The standard InChI is InChI=1S/C14H13F2NO2S/c1-19-14(18)7-10-3-4-11(20-10)8-17-13-5-2-9(15)6-12(13)16/h2-6,17H,7-8H2,1H3. The van der Waals surface area contributed by atoms with Crippen molar-refractivity contribution in [3.05, 3.63) is 51.7 Å². The van der Waals surface area contributed by atoms with Gasteiger partial charge in [-0.2, -0.15) is 0 Å². The van der Waals surface area contributed by atoms with Crippen LogP contribution in [-0.2, 0) is 22.5 Å². The van der Waals surface area contributed by atoms with Gasteiger partial charge in [0, 0.05) is 22.4 Å². The summed E-state index contributed by atoms with van der Waals surface area (Å²) >= 11 is 1.44. The zero-order chi connectivity index (χ0) is 14.5. The Hall–Kier alpha value is -1.95. The summed E-state index contributed by atoms with van der Waals surface area (Å²) in [7, 11) is 1.34. The van der Waals surface area contributed by atoms with E-state index in [1.165, 1.54) is 30.6 Å². The molecule has 0 spiro atoms. The predicted octanol–water partition coefficient (Wildman–Crippen LogP) is 3.35. The molecule has 1 heterocycles. The van der Waals surface area contributed by atoms with Crippen molar-refractivity contribution in [1.82, 2.24) is 0 Å². The minimum absolute atomic E-state index is 0.228. The molecule has 0 aliphatic rings. The van der Waals surface area contributed by atoms with Crippen LogP contribution in [0.3, 0.4) is 0 Å². The Bertz CT molecular complexity index is 613. The van der Waals surface area contributed by atoms with Gasteiger partial charge in [-0.1, -0.05) is 0 Å². The van der Waals surface area contributed by atoms with E-state index in [4.69, 9.17) is 0 Å². The number of carbonyl (C=O) groups is 1. The number of esters is 1. The van der Waals surface area contributed by atoms with Gasteiger partial charge in [0.1, 0.15) is 11.6 Å². The number of benzene rings is 1. The maximum absolute atomic E-state index is 13.4. The molecule has 0 radical (unpaired) electrons. The number of anilines is 1. The van der Waals surface area contributed by atoms with Gasteiger partial charge in [-0.3, -0.25) is 4.79 Å². The Morgan fingerprint density at radius 2 is 2.00 bits per heavy atom. The summed E-state index contributed by atoms with van der Waals surface area (Å²) in [6.07, 6.45) is 0.228. The average molecular weight is 297 g/mol. The summed E-state index contributed by atoms with van der Waals surface area (Å²) in [5.74, 6) is -1.53. The molecule has 0 saturated carbocycles. The van der Waals surface area contributed by atoms with E-state index in [1.807, 2.05) is 12.1 Å². The van der Waals surface area contributed by atoms with Gasteiger partial charge in [0.15, 0.2) is 0 Å². The SMILES string of the molecule is COC(=O)Cc1ccc(CNc2ccc(F)cc2F)s1. The number of thiophene rings is 1. The maximum Gasteiger partial charge on any atom is 0.310 e. The molecule has 1 aromatic carbocycles. The third-order valence-corrected chi connectivity index (χ3v) is 3.73. The van der Waals surface area contributed by atoms with Crippen LogP contribution in [0, 0.1) is 11.6 Å². The third-order valence-electron chi connectivity index (χ3n) is 2.65. The summed E-state index contributed by atoms with van der Waals surface area (Å²) in [5, 5.41) is 2.89. The van der Waals surface area contributed by atoms with Crippen LogP contribution in [0.2, 0.25) is 0 Å². The Morgan fingerprint density at radius 1 is 1.25 bits per heavy atom. The predicted molar refractivity (Wildman–Crippen MR) is 73.7 cm³/mol. The van der Waals surface area contributed by atoms with Crippen LogP contribution in [0.1, 0.15) is 9.75 Å². The van der Waals surface area contributed by atoms with E-state index in [0.717, 1.165) is 15.8 Å². The summed E-state index contributed by atoms with van der Waals surface area (Å²) < 4.78 is 30.8. The molecule has 0 saturated heterocycles. The van der Waals surface area contributed by atoms with Gasteiger partial charge in [0.25, 0.3) is 0 Å². The Balaban J connectivity index is 1.95. The highest BCUT2D eigenvalue weighted by molar-refractivity contribution is 7.12. The number of methoxy groups -OCH3 is 1.